The highest BCUT2D eigenvalue weighted by Crippen LogP contribution is 2.36. The van der Waals surface area contributed by atoms with E-state index in [1.807, 2.05) is 41.0 Å². The zero-order chi connectivity index (χ0) is 30.2. The van der Waals surface area contributed by atoms with Gasteiger partial charge in [0, 0.05) is 24.0 Å². The van der Waals surface area contributed by atoms with Crippen LogP contribution in [0, 0.1) is 17.8 Å². The Kier molecular flexibility index (Phi) is 7.22. The first-order chi connectivity index (χ1) is 21.4. The molecule has 4 aromatic heterocycles. The van der Waals surface area contributed by atoms with Crippen LogP contribution < -0.4 is 11.1 Å². The number of nitrogens with one attached hydrogen (secondary N) is 1. The molecule has 1 aromatic carbocycles. The van der Waals surface area contributed by atoms with Gasteiger partial charge in [-0.15, -0.1) is 0 Å². The van der Waals surface area contributed by atoms with E-state index in [1.54, 1.807) is 6.20 Å². The first kappa shape index (κ1) is 27.7. The van der Waals surface area contributed by atoms with Gasteiger partial charge in [-0.25, -0.2) is 23.7 Å². The molecular weight excluding hydrogens is 560 g/mol. The minimum absolute atomic E-state index is 0.218. The van der Waals surface area contributed by atoms with Crippen molar-refractivity contribution < 1.29 is 13.6 Å². The summed E-state index contributed by atoms with van der Waals surface area (Å²) >= 11 is 0. The fourth-order valence-electron chi connectivity index (χ4n) is 6.11. The number of amides is 1. The predicted molar refractivity (Wildman–Crippen MR) is 163 cm³/mol. The number of aromatic nitrogens is 5. The molecule has 1 amide bonds. The number of hydrogen-bond acceptors (Lipinski definition) is 6. The fourth-order valence-corrected chi connectivity index (χ4v) is 6.11. The lowest BCUT2D eigenvalue weighted by atomic mass is 10.1. The van der Waals surface area contributed by atoms with Crippen LogP contribution in [-0.4, -0.2) is 30.4 Å². The minimum atomic E-state index is -2.68. The van der Waals surface area contributed by atoms with Crippen molar-refractivity contribution in [1.29, 1.82) is 0 Å². The number of nitrogens with two attached hydrogens (primary N) is 1. The largest absolute Gasteiger partial charge is 0.383 e. The third-order valence-corrected chi connectivity index (χ3v) is 8.38. The van der Waals surface area contributed by atoms with Gasteiger partial charge in [0.05, 0.1) is 17.2 Å². The maximum absolute atomic E-state index is 12.9. The van der Waals surface area contributed by atoms with E-state index in [0.29, 0.717) is 46.4 Å². The lowest BCUT2D eigenvalue weighted by Crippen LogP contribution is -2.27. The highest BCUT2D eigenvalue weighted by Gasteiger charge is 2.26. The van der Waals surface area contributed by atoms with E-state index in [1.165, 1.54) is 31.2 Å². The van der Waals surface area contributed by atoms with Gasteiger partial charge in [-0.2, -0.15) is 0 Å². The number of benzene rings is 1. The van der Waals surface area contributed by atoms with Crippen molar-refractivity contribution in [3.05, 3.63) is 95.1 Å². The molecule has 44 heavy (non-hydrogen) atoms. The van der Waals surface area contributed by atoms with Crippen molar-refractivity contribution in [2.24, 2.45) is 5.92 Å². The summed E-state index contributed by atoms with van der Waals surface area (Å²) in [4.78, 5) is 30.8. The standard InChI is InChI=1S/C34H29F2N7O/c35-30(36)28-15-9-22(19-39-28)34(44)42-27-14-8-21-18-24(12-13-25(21)27)43-32(26-6-3-17-38-31(26)37)41-29-16-11-23(40-33(29)43)10-7-20-4-1-2-5-20/h3,6,9,11-13,15-20,27,30H,1-2,4-5,8,14H2,(H2,37,38)(H,42,44)/t27-/m0/s1. The van der Waals surface area contributed by atoms with Gasteiger partial charge in [-0.05, 0) is 91.3 Å². The number of hydrogen-bond donors (Lipinski definition) is 2. The fraction of sp³-hybridized carbons (Fsp3) is 0.265. The summed E-state index contributed by atoms with van der Waals surface area (Å²) in [5.74, 6) is 7.74. The van der Waals surface area contributed by atoms with E-state index in [9.17, 15) is 13.6 Å². The third kappa shape index (κ3) is 5.26. The maximum Gasteiger partial charge on any atom is 0.280 e. The Balaban J connectivity index is 1.24. The number of aryl methyl sites for hydroxylation is 1. The Labute approximate surface area is 252 Å². The number of alkyl halides is 2. The van der Waals surface area contributed by atoms with Gasteiger partial charge in [0.15, 0.2) is 11.5 Å². The third-order valence-electron chi connectivity index (χ3n) is 8.38. The molecule has 0 unspecified atom stereocenters. The highest BCUT2D eigenvalue weighted by atomic mass is 19.3. The van der Waals surface area contributed by atoms with E-state index < -0.39 is 6.43 Å². The molecule has 2 aliphatic carbocycles. The van der Waals surface area contributed by atoms with Crippen LogP contribution in [0.5, 0.6) is 0 Å². The first-order valence-electron chi connectivity index (χ1n) is 14.7. The van der Waals surface area contributed by atoms with E-state index in [4.69, 9.17) is 15.7 Å². The van der Waals surface area contributed by atoms with Crippen LogP contribution in [0.3, 0.4) is 0 Å². The second-order valence-electron chi connectivity index (χ2n) is 11.2. The molecule has 4 heterocycles. The monoisotopic (exact) mass is 589 g/mol. The van der Waals surface area contributed by atoms with Gasteiger partial charge < -0.3 is 11.1 Å². The molecule has 0 saturated heterocycles. The molecule has 5 aromatic rings. The van der Waals surface area contributed by atoms with Gasteiger partial charge in [-0.3, -0.25) is 14.3 Å². The summed E-state index contributed by atoms with van der Waals surface area (Å²) in [6, 6.07) is 16.0. The molecule has 0 bridgehead atoms. The zero-order valence-corrected chi connectivity index (χ0v) is 23.8. The number of anilines is 1. The molecule has 0 aliphatic heterocycles. The average Bonchev–Trinajstić information content (AvgIpc) is 3.79. The topological polar surface area (TPSA) is 112 Å². The summed E-state index contributed by atoms with van der Waals surface area (Å²) in [5.41, 5.74) is 11.9. The lowest BCUT2D eigenvalue weighted by molar-refractivity contribution is 0.0935. The van der Waals surface area contributed by atoms with E-state index in [2.05, 4.69) is 33.2 Å². The highest BCUT2D eigenvalue weighted by molar-refractivity contribution is 5.94. The van der Waals surface area contributed by atoms with Crippen LogP contribution in [0.2, 0.25) is 0 Å². The molecule has 1 fully saturated rings. The Bertz CT molecular complexity index is 1940. The number of carbonyl (C=O) groups is 1. The second-order valence-corrected chi connectivity index (χ2v) is 11.2. The average molecular weight is 590 g/mol. The molecule has 2 aliphatic rings. The normalized spacial score (nSPS) is 16.2. The van der Waals surface area contributed by atoms with Crippen LogP contribution in [0.4, 0.5) is 14.6 Å². The summed E-state index contributed by atoms with van der Waals surface area (Å²) < 4.78 is 27.8. The molecule has 8 nitrogen and oxygen atoms in total. The Morgan fingerprint density at radius 1 is 1.02 bits per heavy atom. The molecule has 0 spiro atoms. The molecule has 220 valence electrons. The van der Waals surface area contributed by atoms with Gasteiger partial charge in [0.25, 0.3) is 12.3 Å². The minimum Gasteiger partial charge on any atom is -0.383 e. The van der Waals surface area contributed by atoms with Crippen LogP contribution >= 0.6 is 0 Å². The molecule has 1 atom stereocenters. The van der Waals surface area contributed by atoms with E-state index in [-0.39, 0.29) is 23.2 Å². The van der Waals surface area contributed by atoms with Gasteiger partial charge in [-0.1, -0.05) is 24.8 Å². The quantitative estimate of drug-likeness (QED) is 0.231. The van der Waals surface area contributed by atoms with Gasteiger partial charge >= 0.3 is 0 Å². The molecule has 7 rings (SSSR count). The number of nitrogens with zero attached hydrogens (tertiary/aromatic N) is 5. The van der Waals surface area contributed by atoms with Crippen molar-refractivity contribution in [2.75, 3.05) is 5.73 Å². The molecular formula is C34H29F2N7O. The van der Waals surface area contributed by atoms with Crippen molar-refractivity contribution in [2.45, 2.75) is 51.0 Å². The molecule has 3 N–H and O–H groups in total. The Morgan fingerprint density at radius 2 is 1.89 bits per heavy atom. The summed E-state index contributed by atoms with van der Waals surface area (Å²) in [6.07, 6.45) is 6.33. The number of rotatable bonds is 5. The first-order valence-corrected chi connectivity index (χ1v) is 14.7. The molecule has 10 heteroatoms. The maximum atomic E-state index is 12.9. The number of halogens is 2. The zero-order valence-electron chi connectivity index (χ0n) is 23.8. The number of imidazole rings is 1. The van der Waals surface area contributed by atoms with Crippen LogP contribution in [0.15, 0.2) is 67.0 Å². The SMILES string of the molecule is Nc1ncccc1-c1nc2ccc(C#CC3CCCC3)nc2n1-c1ccc2c(c1)CC[C@@H]2NC(=O)c1ccc(C(F)F)nc1. The van der Waals surface area contributed by atoms with Crippen LogP contribution in [0.1, 0.15) is 77.4 Å². The molecule has 0 radical (unpaired) electrons. The molecule has 1 saturated carbocycles. The van der Waals surface area contributed by atoms with Crippen molar-refractivity contribution >= 4 is 22.9 Å². The second kappa shape index (κ2) is 11.5. The van der Waals surface area contributed by atoms with Gasteiger partial charge in [0.2, 0.25) is 0 Å². The number of fused-ring (bicyclic) bond motifs is 2. The van der Waals surface area contributed by atoms with Crippen LogP contribution in [0.25, 0.3) is 28.2 Å². The smallest absolute Gasteiger partial charge is 0.280 e. The van der Waals surface area contributed by atoms with Gasteiger partial charge in [0.1, 0.15) is 22.7 Å². The van der Waals surface area contributed by atoms with E-state index in [0.717, 1.165) is 36.1 Å². The summed E-state index contributed by atoms with van der Waals surface area (Å²) in [6.45, 7) is 0. The predicted octanol–water partition coefficient (Wildman–Crippen LogP) is 6.36. The van der Waals surface area contributed by atoms with E-state index >= 15 is 0 Å². The Hall–Kier alpha value is -5.17. The summed E-state index contributed by atoms with van der Waals surface area (Å²) in [7, 11) is 0. The lowest BCUT2D eigenvalue weighted by Gasteiger charge is -2.16. The van der Waals surface area contributed by atoms with Crippen molar-refractivity contribution in [3.63, 3.8) is 0 Å². The summed E-state index contributed by atoms with van der Waals surface area (Å²) in [5, 5.41) is 3.04. The number of carbonyl (C=O) groups excluding carboxylic acids is 1. The Morgan fingerprint density at radius 3 is 2.66 bits per heavy atom. The van der Waals surface area contributed by atoms with Crippen LogP contribution in [-0.2, 0) is 6.42 Å². The number of pyridine rings is 3. The van der Waals surface area contributed by atoms with Crippen molar-refractivity contribution in [1.82, 2.24) is 29.8 Å². The number of nitrogen functional groups attached to an aromatic ring is 1. The van der Waals surface area contributed by atoms with Crippen molar-refractivity contribution in [3.8, 4) is 28.9 Å².